The molecule has 0 spiro atoms. The maximum atomic E-state index is 10.9. The number of carbonyl (C=O) groups excluding carboxylic acids is 1. The molecular formula is C12H16N2O2. The number of rotatable bonds is 3. The fourth-order valence-electron chi connectivity index (χ4n) is 1.99. The third kappa shape index (κ3) is 2.59. The van der Waals surface area contributed by atoms with Gasteiger partial charge >= 0.3 is 0 Å². The average Bonchev–Trinajstić information content (AvgIpc) is 2.65. The highest BCUT2D eigenvalue weighted by molar-refractivity contribution is 5.92. The lowest BCUT2D eigenvalue weighted by atomic mass is 10.1. The SMILES string of the molecule is NC(=O)c1ccc(CN2CCC(O)C2)cc1. The molecule has 1 aliphatic heterocycles. The lowest BCUT2D eigenvalue weighted by Crippen LogP contribution is -2.21. The lowest BCUT2D eigenvalue weighted by molar-refractivity contribution is 0.100. The molecule has 1 aromatic rings. The van der Waals surface area contributed by atoms with Crippen LogP contribution >= 0.6 is 0 Å². The molecule has 1 saturated heterocycles. The molecule has 4 heteroatoms. The number of primary amides is 1. The van der Waals surface area contributed by atoms with Crippen molar-refractivity contribution in [3.63, 3.8) is 0 Å². The van der Waals surface area contributed by atoms with Crippen LogP contribution < -0.4 is 5.73 Å². The van der Waals surface area contributed by atoms with E-state index in [-0.39, 0.29) is 6.10 Å². The van der Waals surface area contributed by atoms with E-state index in [1.165, 1.54) is 0 Å². The first-order chi connectivity index (χ1) is 7.65. The number of carbonyl (C=O) groups is 1. The summed E-state index contributed by atoms with van der Waals surface area (Å²) < 4.78 is 0. The summed E-state index contributed by atoms with van der Waals surface area (Å²) in [4.78, 5) is 13.1. The van der Waals surface area contributed by atoms with Gasteiger partial charge in [-0.15, -0.1) is 0 Å². The minimum Gasteiger partial charge on any atom is -0.392 e. The van der Waals surface area contributed by atoms with E-state index < -0.39 is 5.91 Å². The summed E-state index contributed by atoms with van der Waals surface area (Å²) in [6.45, 7) is 2.48. The Morgan fingerprint density at radius 3 is 2.62 bits per heavy atom. The number of aliphatic hydroxyl groups is 1. The Balaban J connectivity index is 1.97. The molecule has 4 nitrogen and oxygen atoms in total. The van der Waals surface area contributed by atoms with Crippen molar-refractivity contribution in [3.05, 3.63) is 35.4 Å². The van der Waals surface area contributed by atoms with Crippen LogP contribution in [-0.4, -0.2) is 35.1 Å². The molecule has 1 heterocycles. The highest BCUT2D eigenvalue weighted by Crippen LogP contribution is 2.13. The van der Waals surface area contributed by atoms with Gasteiger partial charge in [0.1, 0.15) is 0 Å². The van der Waals surface area contributed by atoms with Gasteiger partial charge in [-0.2, -0.15) is 0 Å². The molecule has 86 valence electrons. The Kier molecular flexibility index (Phi) is 3.22. The number of nitrogens with two attached hydrogens (primary N) is 1. The molecule has 2 rings (SSSR count). The number of aliphatic hydroxyl groups excluding tert-OH is 1. The lowest BCUT2D eigenvalue weighted by Gasteiger charge is -2.14. The number of hydrogen-bond donors (Lipinski definition) is 2. The molecule has 1 unspecified atom stereocenters. The van der Waals surface area contributed by atoms with Crippen LogP contribution in [0.15, 0.2) is 24.3 Å². The van der Waals surface area contributed by atoms with Crippen LogP contribution in [0.4, 0.5) is 0 Å². The standard InChI is InChI=1S/C12H16N2O2/c13-12(16)10-3-1-9(2-4-10)7-14-6-5-11(15)8-14/h1-4,11,15H,5-8H2,(H2,13,16). The van der Waals surface area contributed by atoms with Crippen molar-refractivity contribution in [1.82, 2.24) is 4.90 Å². The van der Waals surface area contributed by atoms with E-state index in [0.29, 0.717) is 5.56 Å². The molecule has 0 saturated carbocycles. The fourth-order valence-corrected chi connectivity index (χ4v) is 1.99. The largest absolute Gasteiger partial charge is 0.392 e. The predicted octanol–water partition coefficient (Wildman–Crippen LogP) is 0.352. The van der Waals surface area contributed by atoms with E-state index in [0.717, 1.165) is 31.6 Å². The number of benzene rings is 1. The maximum absolute atomic E-state index is 10.9. The zero-order valence-corrected chi connectivity index (χ0v) is 9.10. The van der Waals surface area contributed by atoms with Gasteiger partial charge in [-0.25, -0.2) is 0 Å². The molecule has 1 amide bonds. The topological polar surface area (TPSA) is 66.6 Å². The van der Waals surface area contributed by atoms with Crippen molar-refractivity contribution in [2.45, 2.75) is 19.1 Å². The summed E-state index contributed by atoms with van der Waals surface area (Å²) in [6, 6.07) is 7.30. The Labute approximate surface area is 94.7 Å². The molecule has 0 aliphatic carbocycles. The van der Waals surface area contributed by atoms with Gasteiger partial charge in [0.2, 0.25) is 5.91 Å². The molecule has 1 fully saturated rings. The second-order valence-corrected chi connectivity index (χ2v) is 4.24. The van der Waals surface area contributed by atoms with Crippen molar-refractivity contribution in [2.24, 2.45) is 5.73 Å². The summed E-state index contributed by atoms with van der Waals surface area (Å²) >= 11 is 0. The molecule has 0 radical (unpaired) electrons. The minimum atomic E-state index is -0.400. The third-order valence-electron chi connectivity index (χ3n) is 2.89. The molecular weight excluding hydrogens is 204 g/mol. The van der Waals surface area contributed by atoms with Gasteiger partial charge in [0.05, 0.1) is 6.10 Å². The Hall–Kier alpha value is -1.39. The smallest absolute Gasteiger partial charge is 0.248 e. The number of amides is 1. The van der Waals surface area contributed by atoms with Crippen LogP contribution in [0.25, 0.3) is 0 Å². The van der Waals surface area contributed by atoms with Crippen LogP contribution in [-0.2, 0) is 6.54 Å². The maximum Gasteiger partial charge on any atom is 0.248 e. The minimum absolute atomic E-state index is 0.190. The second-order valence-electron chi connectivity index (χ2n) is 4.24. The molecule has 0 bridgehead atoms. The first-order valence-corrected chi connectivity index (χ1v) is 5.44. The van der Waals surface area contributed by atoms with Crippen LogP contribution in [0.3, 0.4) is 0 Å². The van der Waals surface area contributed by atoms with Crippen molar-refractivity contribution in [3.8, 4) is 0 Å². The van der Waals surface area contributed by atoms with Gasteiger partial charge in [-0.1, -0.05) is 12.1 Å². The highest BCUT2D eigenvalue weighted by atomic mass is 16.3. The van der Waals surface area contributed by atoms with E-state index >= 15 is 0 Å². The summed E-state index contributed by atoms with van der Waals surface area (Å²) in [5, 5.41) is 9.39. The monoisotopic (exact) mass is 220 g/mol. The van der Waals surface area contributed by atoms with E-state index in [4.69, 9.17) is 5.73 Å². The van der Waals surface area contributed by atoms with E-state index in [1.807, 2.05) is 12.1 Å². The average molecular weight is 220 g/mol. The van der Waals surface area contributed by atoms with Crippen LogP contribution in [0.2, 0.25) is 0 Å². The number of β-amino-alcohol motifs (C(OH)–C–C–N with tert-alkyl or cyclic N) is 1. The van der Waals surface area contributed by atoms with E-state index in [2.05, 4.69) is 4.90 Å². The quantitative estimate of drug-likeness (QED) is 0.772. The van der Waals surface area contributed by atoms with Gasteiger partial charge in [0.25, 0.3) is 0 Å². The fraction of sp³-hybridized carbons (Fsp3) is 0.417. The second kappa shape index (κ2) is 4.63. The van der Waals surface area contributed by atoms with Crippen molar-refractivity contribution < 1.29 is 9.90 Å². The summed E-state index contributed by atoms with van der Waals surface area (Å²) in [5.41, 5.74) is 6.83. The molecule has 1 aromatic carbocycles. The number of hydrogen-bond acceptors (Lipinski definition) is 3. The summed E-state index contributed by atoms with van der Waals surface area (Å²) in [7, 11) is 0. The number of nitrogens with zero attached hydrogens (tertiary/aromatic N) is 1. The summed E-state index contributed by atoms with van der Waals surface area (Å²) in [5.74, 6) is -0.400. The van der Waals surface area contributed by atoms with Gasteiger partial charge in [0.15, 0.2) is 0 Å². The normalized spacial score (nSPS) is 21.2. The van der Waals surface area contributed by atoms with Gasteiger partial charge in [0, 0.05) is 25.2 Å². The van der Waals surface area contributed by atoms with Crippen molar-refractivity contribution in [1.29, 1.82) is 0 Å². The molecule has 1 aliphatic rings. The Bertz CT molecular complexity index is 375. The third-order valence-corrected chi connectivity index (χ3v) is 2.89. The first kappa shape index (κ1) is 11.1. The van der Waals surface area contributed by atoms with Crippen LogP contribution in [0.1, 0.15) is 22.3 Å². The molecule has 16 heavy (non-hydrogen) atoms. The van der Waals surface area contributed by atoms with E-state index in [9.17, 15) is 9.90 Å². The van der Waals surface area contributed by atoms with Gasteiger partial charge in [-0.05, 0) is 24.1 Å². The van der Waals surface area contributed by atoms with E-state index in [1.54, 1.807) is 12.1 Å². The Morgan fingerprint density at radius 1 is 1.44 bits per heavy atom. The highest BCUT2D eigenvalue weighted by Gasteiger charge is 2.19. The van der Waals surface area contributed by atoms with Crippen LogP contribution in [0, 0.1) is 0 Å². The molecule has 0 aromatic heterocycles. The first-order valence-electron chi connectivity index (χ1n) is 5.44. The Morgan fingerprint density at radius 2 is 2.12 bits per heavy atom. The summed E-state index contributed by atoms with van der Waals surface area (Å²) in [6.07, 6.45) is 0.657. The predicted molar refractivity (Wildman–Crippen MR) is 60.9 cm³/mol. The van der Waals surface area contributed by atoms with Gasteiger partial charge < -0.3 is 10.8 Å². The molecule has 1 atom stereocenters. The van der Waals surface area contributed by atoms with Gasteiger partial charge in [-0.3, -0.25) is 9.69 Å². The molecule has 3 N–H and O–H groups in total. The zero-order chi connectivity index (χ0) is 11.5. The number of likely N-dealkylation sites (tertiary alicyclic amines) is 1. The van der Waals surface area contributed by atoms with Crippen molar-refractivity contribution >= 4 is 5.91 Å². The van der Waals surface area contributed by atoms with Crippen molar-refractivity contribution in [2.75, 3.05) is 13.1 Å². The van der Waals surface area contributed by atoms with Crippen LogP contribution in [0.5, 0.6) is 0 Å². The zero-order valence-electron chi connectivity index (χ0n) is 9.10.